The maximum atomic E-state index is 12.2. The third-order valence-electron chi connectivity index (χ3n) is 4.96. The lowest BCUT2D eigenvalue weighted by molar-refractivity contribution is -0.132. The highest BCUT2D eigenvalue weighted by Gasteiger charge is 2.23. The highest BCUT2D eigenvalue weighted by Crippen LogP contribution is 2.12. The molecule has 0 aromatic heterocycles. The van der Waals surface area contributed by atoms with E-state index in [-0.39, 0.29) is 6.61 Å². The maximum Gasteiger partial charge on any atom is 0.223 e. The van der Waals surface area contributed by atoms with Crippen molar-refractivity contribution < 1.29 is 9.90 Å². The van der Waals surface area contributed by atoms with E-state index in [1.54, 1.807) is 0 Å². The minimum atomic E-state index is 0.254. The summed E-state index contributed by atoms with van der Waals surface area (Å²) >= 11 is 0. The molecule has 0 aliphatic carbocycles. The van der Waals surface area contributed by atoms with E-state index in [0.29, 0.717) is 18.4 Å². The predicted octanol–water partition coefficient (Wildman–Crippen LogP) is 0.778. The molecule has 1 atom stereocenters. The molecule has 1 amide bonds. The Labute approximate surface area is 128 Å². The number of carbonyl (C=O) groups is 1. The number of nitrogens with zero attached hydrogens (tertiary/aromatic N) is 3. The van der Waals surface area contributed by atoms with E-state index < -0.39 is 0 Å². The normalized spacial score (nSPS) is 23.2. The summed E-state index contributed by atoms with van der Waals surface area (Å²) in [6, 6.07) is 0.308. The van der Waals surface area contributed by atoms with Crippen LogP contribution in [0.15, 0.2) is 0 Å². The Bertz CT molecular complexity index is 307. The van der Waals surface area contributed by atoms with Crippen LogP contribution in [-0.2, 0) is 4.79 Å². The highest BCUT2D eigenvalue weighted by atomic mass is 16.3. The third kappa shape index (κ3) is 4.94. The van der Waals surface area contributed by atoms with Crippen LogP contribution in [0.5, 0.6) is 0 Å². The van der Waals surface area contributed by atoms with Gasteiger partial charge in [-0.3, -0.25) is 9.69 Å². The molecule has 0 aromatic carbocycles. The Balaban J connectivity index is 1.65. The lowest BCUT2D eigenvalue weighted by atomic mass is 10.1. The fourth-order valence-corrected chi connectivity index (χ4v) is 3.41. The largest absolute Gasteiger partial charge is 0.395 e. The topological polar surface area (TPSA) is 47.0 Å². The van der Waals surface area contributed by atoms with Crippen molar-refractivity contribution in [1.29, 1.82) is 0 Å². The number of piperidine rings is 1. The second kappa shape index (κ2) is 8.71. The van der Waals surface area contributed by atoms with Crippen LogP contribution < -0.4 is 0 Å². The van der Waals surface area contributed by atoms with E-state index >= 15 is 0 Å². The first-order chi connectivity index (χ1) is 10.2. The lowest BCUT2D eigenvalue weighted by Crippen LogP contribution is -2.51. The van der Waals surface area contributed by atoms with Gasteiger partial charge in [-0.1, -0.05) is 6.92 Å². The van der Waals surface area contributed by atoms with Gasteiger partial charge in [-0.25, -0.2) is 0 Å². The summed E-state index contributed by atoms with van der Waals surface area (Å²) in [7, 11) is 0. The van der Waals surface area contributed by atoms with E-state index in [1.165, 1.54) is 19.3 Å². The molecule has 2 aliphatic heterocycles. The van der Waals surface area contributed by atoms with Crippen molar-refractivity contribution in [3.05, 3.63) is 0 Å². The van der Waals surface area contributed by atoms with Crippen molar-refractivity contribution in [1.82, 2.24) is 14.7 Å². The van der Waals surface area contributed by atoms with Crippen LogP contribution >= 0.6 is 0 Å². The zero-order chi connectivity index (χ0) is 15.1. The Kier molecular flexibility index (Phi) is 6.93. The Hall–Kier alpha value is -0.650. The van der Waals surface area contributed by atoms with E-state index in [1.807, 2.05) is 4.90 Å². The number of hydrogen-bond acceptors (Lipinski definition) is 4. The minimum Gasteiger partial charge on any atom is -0.395 e. The number of aliphatic hydroxyl groups excluding tert-OH is 1. The number of likely N-dealkylation sites (tertiary alicyclic amines) is 1. The molecule has 2 fully saturated rings. The molecule has 0 bridgehead atoms. The summed E-state index contributed by atoms with van der Waals surface area (Å²) in [6.45, 7) is 9.25. The van der Waals surface area contributed by atoms with Gasteiger partial charge in [-0.05, 0) is 25.7 Å². The molecule has 5 heteroatoms. The summed E-state index contributed by atoms with van der Waals surface area (Å²) in [6.07, 6.45) is 5.28. The van der Waals surface area contributed by atoms with Gasteiger partial charge in [0.2, 0.25) is 5.91 Å². The summed E-state index contributed by atoms with van der Waals surface area (Å²) in [4.78, 5) is 19.0. The number of hydrogen-bond donors (Lipinski definition) is 1. The van der Waals surface area contributed by atoms with E-state index in [9.17, 15) is 9.90 Å². The molecule has 2 heterocycles. The van der Waals surface area contributed by atoms with Crippen molar-refractivity contribution in [2.24, 2.45) is 0 Å². The van der Waals surface area contributed by atoms with Crippen LogP contribution in [0.1, 0.15) is 39.0 Å². The zero-order valence-electron chi connectivity index (χ0n) is 13.5. The number of aliphatic hydroxyl groups is 1. The standard InChI is InChI=1S/C16H31N3O2/c1-2-15(14-20)18-12-10-17(11-13-18)9-6-16(21)19-7-4-3-5-8-19/h15,20H,2-14H2,1H3. The number of amides is 1. The molecule has 21 heavy (non-hydrogen) atoms. The molecular formula is C16H31N3O2. The van der Waals surface area contributed by atoms with Crippen molar-refractivity contribution in [3.8, 4) is 0 Å². The molecule has 0 saturated carbocycles. The van der Waals surface area contributed by atoms with Gasteiger partial charge in [0.15, 0.2) is 0 Å². The minimum absolute atomic E-state index is 0.254. The molecule has 0 spiro atoms. The molecule has 2 rings (SSSR count). The second-order valence-electron chi connectivity index (χ2n) is 6.31. The van der Waals surface area contributed by atoms with E-state index in [2.05, 4.69) is 16.7 Å². The van der Waals surface area contributed by atoms with Crippen LogP contribution in [0.2, 0.25) is 0 Å². The molecule has 0 radical (unpaired) electrons. The quantitative estimate of drug-likeness (QED) is 0.787. The molecule has 2 saturated heterocycles. The Morgan fingerprint density at radius 2 is 1.71 bits per heavy atom. The maximum absolute atomic E-state index is 12.2. The van der Waals surface area contributed by atoms with Crippen molar-refractivity contribution in [2.45, 2.75) is 45.1 Å². The first-order valence-electron chi connectivity index (χ1n) is 8.59. The number of piperazine rings is 1. The molecule has 1 unspecified atom stereocenters. The first kappa shape index (κ1) is 16.7. The fourth-order valence-electron chi connectivity index (χ4n) is 3.41. The molecule has 122 valence electrons. The van der Waals surface area contributed by atoms with Gasteiger partial charge in [0.25, 0.3) is 0 Å². The van der Waals surface area contributed by atoms with Crippen molar-refractivity contribution >= 4 is 5.91 Å². The number of rotatable bonds is 6. The van der Waals surface area contributed by atoms with Gasteiger partial charge in [0, 0.05) is 58.3 Å². The SMILES string of the molecule is CCC(CO)N1CCN(CCC(=O)N2CCCCC2)CC1. The average Bonchev–Trinajstić information content (AvgIpc) is 2.55. The van der Waals surface area contributed by atoms with E-state index in [0.717, 1.165) is 52.2 Å². The van der Waals surface area contributed by atoms with Gasteiger partial charge in [0.05, 0.1) is 6.61 Å². The first-order valence-corrected chi connectivity index (χ1v) is 8.59. The molecule has 5 nitrogen and oxygen atoms in total. The van der Waals surface area contributed by atoms with Crippen molar-refractivity contribution in [3.63, 3.8) is 0 Å². The zero-order valence-corrected chi connectivity index (χ0v) is 13.5. The predicted molar refractivity (Wildman–Crippen MR) is 84.2 cm³/mol. The van der Waals surface area contributed by atoms with Crippen molar-refractivity contribution in [2.75, 3.05) is 52.4 Å². The summed E-state index contributed by atoms with van der Waals surface area (Å²) in [5, 5.41) is 9.36. The highest BCUT2D eigenvalue weighted by molar-refractivity contribution is 5.76. The van der Waals surface area contributed by atoms with Crippen LogP contribution in [-0.4, -0.2) is 84.2 Å². The van der Waals surface area contributed by atoms with Crippen LogP contribution in [0.25, 0.3) is 0 Å². The van der Waals surface area contributed by atoms with Gasteiger partial charge in [0.1, 0.15) is 0 Å². The van der Waals surface area contributed by atoms with Crippen LogP contribution in [0.3, 0.4) is 0 Å². The molecular weight excluding hydrogens is 266 g/mol. The molecule has 0 aromatic rings. The second-order valence-corrected chi connectivity index (χ2v) is 6.31. The lowest BCUT2D eigenvalue weighted by Gasteiger charge is -2.38. The Morgan fingerprint density at radius 1 is 1.05 bits per heavy atom. The fraction of sp³-hybridized carbons (Fsp3) is 0.938. The monoisotopic (exact) mass is 297 g/mol. The molecule has 1 N–H and O–H groups in total. The summed E-state index contributed by atoms with van der Waals surface area (Å²) in [5.41, 5.74) is 0. The summed E-state index contributed by atoms with van der Waals surface area (Å²) in [5.74, 6) is 0.332. The third-order valence-corrected chi connectivity index (χ3v) is 4.96. The van der Waals surface area contributed by atoms with Gasteiger partial charge < -0.3 is 14.9 Å². The molecule has 2 aliphatic rings. The van der Waals surface area contributed by atoms with Gasteiger partial charge in [-0.15, -0.1) is 0 Å². The smallest absolute Gasteiger partial charge is 0.223 e. The van der Waals surface area contributed by atoms with Gasteiger partial charge in [-0.2, -0.15) is 0 Å². The van der Waals surface area contributed by atoms with Crippen LogP contribution in [0.4, 0.5) is 0 Å². The average molecular weight is 297 g/mol. The summed E-state index contributed by atoms with van der Waals surface area (Å²) < 4.78 is 0. The van der Waals surface area contributed by atoms with Gasteiger partial charge >= 0.3 is 0 Å². The number of carbonyl (C=O) groups excluding carboxylic acids is 1. The Morgan fingerprint density at radius 3 is 2.29 bits per heavy atom. The van der Waals surface area contributed by atoms with Crippen LogP contribution in [0, 0.1) is 0 Å². The van der Waals surface area contributed by atoms with E-state index in [4.69, 9.17) is 0 Å².